The number of hydrogen-bond donors (Lipinski definition) is 2. The molecule has 0 spiro atoms. The van der Waals surface area contributed by atoms with E-state index in [1.54, 1.807) is 0 Å². The topological polar surface area (TPSA) is 40.7 Å². The molecule has 0 aromatic carbocycles. The molecule has 0 aliphatic heterocycles. The van der Waals surface area contributed by atoms with Crippen molar-refractivity contribution in [2.45, 2.75) is 33.7 Å². The molecular weight excluding hydrogens is 162 g/mol. The van der Waals surface area contributed by atoms with Crippen molar-refractivity contribution in [2.24, 2.45) is 5.92 Å². The van der Waals surface area contributed by atoms with Crippen molar-refractivity contribution in [3.63, 3.8) is 0 Å². The fourth-order valence-electron chi connectivity index (χ4n) is 1.15. The molecule has 74 valence electrons. The van der Waals surface area contributed by atoms with Crippen molar-refractivity contribution in [1.82, 2.24) is 15.5 Å². The van der Waals surface area contributed by atoms with Gasteiger partial charge in [0.2, 0.25) is 0 Å². The van der Waals surface area contributed by atoms with Crippen LogP contribution in [-0.4, -0.2) is 16.7 Å². The normalized spacial score (nSPS) is 13.2. The molecule has 0 amide bonds. The Morgan fingerprint density at radius 1 is 1.62 bits per heavy atom. The molecule has 2 N–H and O–H groups in total. The van der Waals surface area contributed by atoms with E-state index in [9.17, 15) is 0 Å². The van der Waals surface area contributed by atoms with E-state index < -0.39 is 0 Å². The van der Waals surface area contributed by atoms with Crippen molar-refractivity contribution in [2.75, 3.05) is 6.54 Å². The predicted octanol–water partition coefficient (Wildman–Crippen LogP) is 1.85. The molecule has 1 aromatic heterocycles. The number of aryl methyl sites for hydroxylation is 1. The Bertz CT molecular complexity index is 242. The van der Waals surface area contributed by atoms with Crippen molar-refractivity contribution in [1.29, 1.82) is 0 Å². The fraction of sp³-hybridized carbons (Fsp3) is 0.700. The molecule has 0 bridgehead atoms. The molecule has 1 heterocycles. The summed E-state index contributed by atoms with van der Waals surface area (Å²) in [7, 11) is 0. The van der Waals surface area contributed by atoms with Crippen LogP contribution >= 0.6 is 0 Å². The molecular formula is C10H19N3. The first-order valence-corrected chi connectivity index (χ1v) is 4.93. The summed E-state index contributed by atoms with van der Waals surface area (Å²) in [6.45, 7) is 8.53. The first-order valence-electron chi connectivity index (χ1n) is 4.93. The minimum Gasteiger partial charge on any atom is -0.312 e. The van der Waals surface area contributed by atoms with Crippen LogP contribution in [-0.2, 0) is 6.54 Å². The van der Waals surface area contributed by atoms with Crippen LogP contribution in [0.3, 0.4) is 0 Å². The molecule has 1 unspecified atom stereocenters. The third-order valence-electron chi connectivity index (χ3n) is 2.44. The monoisotopic (exact) mass is 181 g/mol. The zero-order chi connectivity index (χ0) is 9.68. The maximum absolute atomic E-state index is 3.97. The van der Waals surface area contributed by atoms with E-state index in [4.69, 9.17) is 0 Å². The number of nitrogens with one attached hydrogen (secondary N) is 2. The van der Waals surface area contributed by atoms with E-state index in [2.05, 4.69) is 29.4 Å². The highest BCUT2D eigenvalue weighted by molar-refractivity contribution is 5.13. The van der Waals surface area contributed by atoms with E-state index in [0.717, 1.165) is 24.7 Å². The van der Waals surface area contributed by atoms with Crippen molar-refractivity contribution < 1.29 is 0 Å². The van der Waals surface area contributed by atoms with E-state index in [1.807, 2.05) is 13.1 Å². The van der Waals surface area contributed by atoms with Crippen molar-refractivity contribution >= 4 is 0 Å². The van der Waals surface area contributed by atoms with Crippen LogP contribution in [0.1, 0.15) is 31.5 Å². The lowest BCUT2D eigenvalue weighted by molar-refractivity contribution is 0.499. The van der Waals surface area contributed by atoms with Gasteiger partial charge in [-0.1, -0.05) is 20.3 Å². The van der Waals surface area contributed by atoms with Crippen LogP contribution in [0.4, 0.5) is 0 Å². The first kappa shape index (κ1) is 10.3. The second kappa shape index (κ2) is 5.02. The van der Waals surface area contributed by atoms with Crippen molar-refractivity contribution in [3.8, 4) is 0 Å². The van der Waals surface area contributed by atoms with E-state index in [1.165, 1.54) is 12.0 Å². The lowest BCUT2D eigenvalue weighted by Gasteiger charge is -2.09. The molecule has 13 heavy (non-hydrogen) atoms. The Balaban J connectivity index is 2.24. The molecule has 0 aliphatic carbocycles. The predicted molar refractivity (Wildman–Crippen MR) is 54.5 cm³/mol. The lowest BCUT2D eigenvalue weighted by atomic mass is 10.1. The van der Waals surface area contributed by atoms with Crippen LogP contribution in [0.25, 0.3) is 0 Å². The SMILES string of the molecule is CCC(C)CNCc1cn[nH]c1C. The molecule has 0 radical (unpaired) electrons. The largest absolute Gasteiger partial charge is 0.312 e. The zero-order valence-electron chi connectivity index (χ0n) is 8.72. The summed E-state index contributed by atoms with van der Waals surface area (Å²) >= 11 is 0. The van der Waals surface area contributed by atoms with Gasteiger partial charge in [0.15, 0.2) is 0 Å². The Morgan fingerprint density at radius 2 is 2.38 bits per heavy atom. The van der Waals surface area contributed by atoms with Gasteiger partial charge in [0.05, 0.1) is 6.20 Å². The summed E-state index contributed by atoms with van der Waals surface area (Å²) in [5.41, 5.74) is 2.43. The third kappa shape index (κ3) is 3.19. The number of nitrogens with zero attached hydrogens (tertiary/aromatic N) is 1. The van der Waals surface area contributed by atoms with Gasteiger partial charge in [-0.25, -0.2) is 0 Å². The molecule has 0 saturated heterocycles. The molecule has 1 atom stereocenters. The van der Waals surface area contributed by atoms with Crippen LogP contribution in [0.5, 0.6) is 0 Å². The van der Waals surface area contributed by atoms with Gasteiger partial charge in [-0.15, -0.1) is 0 Å². The summed E-state index contributed by atoms with van der Waals surface area (Å²) in [6.07, 6.45) is 3.12. The van der Waals surface area contributed by atoms with E-state index in [0.29, 0.717) is 0 Å². The van der Waals surface area contributed by atoms with Gasteiger partial charge >= 0.3 is 0 Å². The van der Waals surface area contributed by atoms with Gasteiger partial charge in [-0.05, 0) is 19.4 Å². The average Bonchev–Trinajstić information content (AvgIpc) is 2.52. The Labute approximate surface area is 79.9 Å². The van der Waals surface area contributed by atoms with Gasteiger partial charge in [0.25, 0.3) is 0 Å². The quantitative estimate of drug-likeness (QED) is 0.728. The van der Waals surface area contributed by atoms with Crippen LogP contribution in [0, 0.1) is 12.8 Å². The molecule has 0 saturated carbocycles. The lowest BCUT2D eigenvalue weighted by Crippen LogP contribution is -2.20. The number of rotatable bonds is 5. The Hall–Kier alpha value is -0.830. The van der Waals surface area contributed by atoms with Gasteiger partial charge in [0.1, 0.15) is 0 Å². The molecule has 0 fully saturated rings. The summed E-state index contributed by atoms with van der Waals surface area (Å²) in [4.78, 5) is 0. The highest BCUT2D eigenvalue weighted by Gasteiger charge is 2.01. The number of aromatic nitrogens is 2. The van der Waals surface area contributed by atoms with E-state index >= 15 is 0 Å². The molecule has 1 rings (SSSR count). The third-order valence-corrected chi connectivity index (χ3v) is 2.44. The number of hydrogen-bond acceptors (Lipinski definition) is 2. The van der Waals surface area contributed by atoms with Crippen LogP contribution in [0.2, 0.25) is 0 Å². The molecule has 3 nitrogen and oxygen atoms in total. The molecule has 1 aromatic rings. The fourth-order valence-corrected chi connectivity index (χ4v) is 1.15. The Morgan fingerprint density at radius 3 is 2.92 bits per heavy atom. The van der Waals surface area contributed by atoms with Gasteiger partial charge in [-0.3, -0.25) is 5.10 Å². The number of aromatic amines is 1. The standard InChI is InChI=1S/C10H19N3/c1-4-8(2)5-11-6-10-7-12-13-9(10)3/h7-8,11H,4-6H2,1-3H3,(H,12,13). The highest BCUT2D eigenvalue weighted by Crippen LogP contribution is 2.02. The summed E-state index contributed by atoms with van der Waals surface area (Å²) < 4.78 is 0. The number of H-pyrrole nitrogens is 1. The molecule has 3 heteroatoms. The van der Waals surface area contributed by atoms with Gasteiger partial charge in [-0.2, -0.15) is 5.10 Å². The second-order valence-corrected chi connectivity index (χ2v) is 3.66. The smallest absolute Gasteiger partial charge is 0.0535 e. The van der Waals surface area contributed by atoms with Crippen molar-refractivity contribution in [3.05, 3.63) is 17.5 Å². The van der Waals surface area contributed by atoms with Crippen LogP contribution in [0.15, 0.2) is 6.20 Å². The summed E-state index contributed by atoms with van der Waals surface area (Å²) in [6, 6.07) is 0. The second-order valence-electron chi connectivity index (χ2n) is 3.66. The maximum Gasteiger partial charge on any atom is 0.0535 e. The minimum absolute atomic E-state index is 0.757. The zero-order valence-corrected chi connectivity index (χ0v) is 8.72. The highest BCUT2D eigenvalue weighted by atomic mass is 15.1. The summed E-state index contributed by atoms with van der Waals surface area (Å²) in [5.74, 6) is 0.757. The molecule has 0 aliphatic rings. The van der Waals surface area contributed by atoms with Crippen LogP contribution < -0.4 is 5.32 Å². The first-order chi connectivity index (χ1) is 6.24. The van der Waals surface area contributed by atoms with Gasteiger partial charge in [0, 0.05) is 17.8 Å². The van der Waals surface area contributed by atoms with E-state index in [-0.39, 0.29) is 0 Å². The van der Waals surface area contributed by atoms with Gasteiger partial charge < -0.3 is 5.32 Å². The minimum atomic E-state index is 0.757. The average molecular weight is 181 g/mol. The Kier molecular flexibility index (Phi) is 3.96. The maximum atomic E-state index is 3.97. The summed E-state index contributed by atoms with van der Waals surface area (Å²) in [5, 5.41) is 10.3.